The summed E-state index contributed by atoms with van der Waals surface area (Å²) in [5, 5.41) is 12.8. The first-order valence-electron chi connectivity index (χ1n) is 12.9. The van der Waals surface area contributed by atoms with Crippen molar-refractivity contribution in [2.45, 2.75) is 17.9 Å². The van der Waals surface area contributed by atoms with E-state index in [4.69, 9.17) is 14.2 Å². The summed E-state index contributed by atoms with van der Waals surface area (Å²) in [4.78, 5) is 6.49. The van der Waals surface area contributed by atoms with Gasteiger partial charge in [0, 0.05) is 35.5 Å². The van der Waals surface area contributed by atoms with Crippen molar-refractivity contribution in [2.24, 2.45) is 0 Å². The van der Waals surface area contributed by atoms with Gasteiger partial charge in [0.2, 0.25) is 5.88 Å². The molecule has 2 atom stereocenters. The van der Waals surface area contributed by atoms with Gasteiger partial charge in [0.25, 0.3) is 0 Å². The van der Waals surface area contributed by atoms with E-state index in [0.717, 1.165) is 17.2 Å². The van der Waals surface area contributed by atoms with E-state index in [1.807, 2.05) is 55.4 Å². The smallest absolute Gasteiger partial charge is 0.217 e. The Kier molecular flexibility index (Phi) is 9.02. The van der Waals surface area contributed by atoms with Crippen LogP contribution in [0.1, 0.15) is 29.0 Å². The summed E-state index contributed by atoms with van der Waals surface area (Å²) in [5.74, 6) is -1.45. The van der Waals surface area contributed by atoms with Crippen LogP contribution in [-0.4, -0.2) is 57.0 Å². The zero-order valence-electron chi connectivity index (χ0n) is 23.3. The second-order valence-electron chi connectivity index (χ2n) is 9.84. The molecule has 1 heterocycles. The van der Waals surface area contributed by atoms with E-state index < -0.39 is 23.2 Å². The third-order valence-corrected chi connectivity index (χ3v) is 7.01. The first-order chi connectivity index (χ1) is 19.2. The Labute approximate surface area is 233 Å². The molecule has 1 aromatic heterocycles. The van der Waals surface area contributed by atoms with E-state index in [9.17, 15) is 13.9 Å². The lowest BCUT2D eigenvalue weighted by Gasteiger charge is -2.39. The molecule has 0 radical (unpaired) electrons. The molecule has 1 N–H and O–H groups in total. The van der Waals surface area contributed by atoms with Crippen LogP contribution in [0.15, 0.2) is 79.0 Å². The number of ether oxygens (including phenoxy) is 3. The lowest BCUT2D eigenvalue weighted by atomic mass is 9.71. The molecule has 4 rings (SSSR count). The molecule has 6 nitrogen and oxygen atoms in total. The first kappa shape index (κ1) is 29.0. The van der Waals surface area contributed by atoms with Crippen molar-refractivity contribution < 1.29 is 28.1 Å². The van der Waals surface area contributed by atoms with Crippen molar-refractivity contribution in [3.05, 3.63) is 107 Å². The van der Waals surface area contributed by atoms with Gasteiger partial charge in [-0.15, -0.1) is 0 Å². The Balaban J connectivity index is 2.10. The average molecular weight is 549 g/mol. The number of halogens is 2. The fourth-order valence-corrected chi connectivity index (χ4v) is 5.11. The van der Waals surface area contributed by atoms with Crippen molar-refractivity contribution in [1.29, 1.82) is 0 Å². The highest BCUT2D eigenvalue weighted by Crippen LogP contribution is 2.51. The minimum absolute atomic E-state index is 0.0777. The van der Waals surface area contributed by atoms with E-state index in [2.05, 4.69) is 4.98 Å². The number of aromatic nitrogens is 1. The van der Waals surface area contributed by atoms with Gasteiger partial charge in [0.05, 0.1) is 27.2 Å². The molecule has 0 aliphatic rings. The van der Waals surface area contributed by atoms with Gasteiger partial charge in [-0.05, 0) is 55.9 Å². The Morgan fingerprint density at radius 1 is 0.825 bits per heavy atom. The maximum Gasteiger partial charge on any atom is 0.217 e. The second kappa shape index (κ2) is 12.4. The maximum atomic E-state index is 14.7. The molecule has 3 aromatic carbocycles. The summed E-state index contributed by atoms with van der Waals surface area (Å²) in [6.45, 7) is 0.408. The molecule has 4 aromatic rings. The average Bonchev–Trinajstić information content (AvgIpc) is 2.96. The minimum Gasteiger partial charge on any atom is -0.493 e. The van der Waals surface area contributed by atoms with Crippen molar-refractivity contribution in [1.82, 2.24) is 9.88 Å². The summed E-state index contributed by atoms with van der Waals surface area (Å²) in [7, 11) is 8.26. The van der Waals surface area contributed by atoms with Gasteiger partial charge in [-0.1, -0.05) is 42.5 Å². The van der Waals surface area contributed by atoms with Crippen molar-refractivity contribution in [3.63, 3.8) is 0 Å². The molecule has 0 aliphatic heterocycles. The third kappa shape index (κ3) is 5.93. The number of benzene rings is 3. The highest BCUT2D eigenvalue weighted by atomic mass is 19.1. The SMILES string of the molecule is COc1cccc(C(c2cc(-c3ccccc3)cnc2OC)C(O)(CCN(C)C)c2cc(F)cc(F)c2)c1OC. The lowest BCUT2D eigenvalue weighted by molar-refractivity contribution is 0.00258. The molecular weight excluding hydrogens is 514 g/mol. The topological polar surface area (TPSA) is 64.0 Å². The predicted octanol–water partition coefficient (Wildman–Crippen LogP) is 6.02. The zero-order valence-corrected chi connectivity index (χ0v) is 23.3. The highest BCUT2D eigenvalue weighted by Gasteiger charge is 2.44. The number of aliphatic hydroxyl groups is 1. The van der Waals surface area contributed by atoms with Crippen molar-refractivity contribution in [3.8, 4) is 28.5 Å². The van der Waals surface area contributed by atoms with E-state index in [0.29, 0.717) is 29.2 Å². The number of nitrogens with zero attached hydrogens (tertiary/aromatic N) is 2. The van der Waals surface area contributed by atoms with Crippen LogP contribution >= 0.6 is 0 Å². The van der Waals surface area contributed by atoms with E-state index in [1.54, 1.807) is 24.4 Å². The van der Waals surface area contributed by atoms with Crippen LogP contribution in [0, 0.1) is 11.6 Å². The van der Waals surface area contributed by atoms with Crippen LogP contribution in [0.2, 0.25) is 0 Å². The van der Waals surface area contributed by atoms with Gasteiger partial charge < -0.3 is 24.2 Å². The van der Waals surface area contributed by atoms with Gasteiger partial charge in [-0.2, -0.15) is 0 Å². The minimum atomic E-state index is -1.84. The molecular formula is C32H34F2N2O4. The van der Waals surface area contributed by atoms with Gasteiger partial charge >= 0.3 is 0 Å². The van der Waals surface area contributed by atoms with Crippen molar-refractivity contribution >= 4 is 0 Å². The Morgan fingerprint density at radius 2 is 1.52 bits per heavy atom. The normalized spacial score (nSPS) is 13.5. The van der Waals surface area contributed by atoms with Crippen LogP contribution in [0.5, 0.6) is 17.4 Å². The number of rotatable bonds is 11. The van der Waals surface area contributed by atoms with Crippen LogP contribution in [0.3, 0.4) is 0 Å². The summed E-state index contributed by atoms with van der Waals surface area (Å²) in [6, 6.07) is 20.0. The summed E-state index contributed by atoms with van der Waals surface area (Å²) < 4.78 is 46.5. The number of methoxy groups -OCH3 is 3. The second-order valence-corrected chi connectivity index (χ2v) is 9.84. The van der Waals surface area contributed by atoms with Crippen LogP contribution < -0.4 is 14.2 Å². The standard InChI is InChI=1S/C32H34F2N2O4/c1-36(2)15-14-32(37,23-17-24(33)19-25(34)18-23)29(26-12-9-13-28(38-3)30(26)39-4)27-16-22(20-35-31(27)40-5)21-10-7-6-8-11-21/h6-13,16-20,29,37H,14-15H2,1-5H3. The molecule has 0 fully saturated rings. The van der Waals surface area contributed by atoms with Crippen LogP contribution in [0.4, 0.5) is 8.78 Å². The Morgan fingerprint density at radius 3 is 2.12 bits per heavy atom. The summed E-state index contributed by atoms with van der Waals surface area (Å²) in [5.41, 5.74) is 0.984. The molecule has 0 bridgehead atoms. The van der Waals surface area contributed by atoms with E-state index in [-0.39, 0.29) is 17.9 Å². The highest BCUT2D eigenvalue weighted by molar-refractivity contribution is 5.66. The predicted molar refractivity (Wildman–Crippen MR) is 151 cm³/mol. The fourth-order valence-electron chi connectivity index (χ4n) is 5.11. The first-order valence-corrected chi connectivity index (χ1v) is 12.9. The van der Waals surface area contributed by atoms with Crippen LogP contribution in [0.25, 0.3) is 11.1 Å². The molecule has 40 heavy (non-hydrogen) atoms. The molecule has 0 amide bonds. The number of hydrogen-bond acceptors (Lipinski definition) is 6. The summed E-state index contributed by atoms with van der Waals surface area (Å²) in [6.07, 6.45) is 1.81. The zero-order chi connectivity index (χ0) is 28.9. The monoisotopic (exact) mass is 548 g/mol. The van der Waals surface area contributed by atoms with Crippen molar-refractivity contribution in [2.75, 3.05) is 42.0 Å². The molecule has 0 saturated carbocycles. The van der Waals surface area contributed by atoms with Crippen LogP contribution in [-0.2, 0) is 5.60 Å². The quantitative estimate of drug-likeness (QED) is 0.247. The number of hydrogen-bond donors (Lipinski definition) is 1. The lowest BCUT2D eigenvalue weighted by Crippen LogP contribution is -2.38. The van der Waals surface area contributed by atoms with Gasteiger partial charge in [-0.3, -0.25) is 0 Å². The van der Waals surface area contributed by atoms with Gasteiger partial charge in [0.15, 0.2) is 11.5 Å². The molecule has 0 aliphatic carbocycles. The molecule has 2 unspecified atom stereocenters. The Hall–Kier alpha value is -4.01. The Bertz CT molecular complexity index is 1430. The van der Waals surface area contributed by atoms with Gasteiger partial charge in [0.1, 0.15) is 17.2 Å². The molecule has 8 heteroatoms. The fraction of sp³-hybridized carbons (Fsp3) is 0.281. The van der Waals surface area contributed by atoms with E-state index >= 15 is 0 Å². The number of pyridine rings is 1. The molecule has 0 spiro atoms. The van der Waals surface area contributed by atoms with Gasteiger partial charge in [-0.25, -0.2) is 13.8 Å². The molecule has 0 saturated heterocycles. The number of para-hydroxylation sites is 1. The largest absolute Gasteiger partial charge is 0.493 e. The summed E-state index contributed by atoms with van der Waals surface area (Å²) >= 11 is 0. The molecule has 210 valence electrons. The van der Waals surface area contributed by atoms with E-state index in [1.165, 1.54) is 33.5 Å². The third-order valence-electron chi connectivity index (χ3n) is 7.01. The maximum absolute atomic E-state index is 14.7.